The Hall–Kier alpha value is -0.590. The molecule has 0 amide bonds. The van der Waals surface area contributed by atoms with Crippen molar-refractivity contribution in [2.75, 3.05) is 0 Å². The van der Waals surface area contributed by atoms with Gasteiger partial charge >= 0.3 is 0 Å². The summed E-state index contributed by atoms with van der Waals surface area (Å²) in [7, 11) is 1.84. The zero-order chi connectivity index (χ0) is 13.3. The van der Waals surface area contributed by atoms with Crippen LogP contribution in [0.25, 0.3) is 0 Å². The molecular weight excluding hydrogens is 361 g/mol. The number of aromatic nitrogens is 2. The van der Waals surface area contributed by atoms with Gasteiger partial charge in [0, 0.05) is 22.2 Å². The van der Waals surface area contributed by atoms with Crippen LogP contribution in [-0.2, 0) is 13.5 Å². The van der Waals surface area contributed by atoms with Crippen LogP contribution in [0.4, 0.5) is 0 Å². The van der Waals surface area contributed by atoms with E-state index in [2.05, 4.69) is 39.8 Å². The number of benzene rings is 1. The van der Waals surface area contributed by atoms with E-state index < -0.39 is 0 Å². The number of aryl methyl sites for hydroxylation is 2. The Balaban J connectivity index is 2.24. The van der Waals surface area contributed by atoms with Crippen LogP contribution in [0.3, 0.4) is 0 Å². The van der Waals surface area contributed by atoms with E-state index >= 15 is 0 Å². The molecule has 0 fully saturated rings. The van der Waals surface area contributed by atoms with Crippen LogP contribution in [-0.4, -0.2) is 9.78 Å². The Labute approximate surface area is 125 Å². The Morgan fingerprint density at radius 2 is 2.22 bits per heavy atom. The third-order valence-electron chi connectivity index (χ3n) is 2.97. The van der Waals surface area contributed by atoms with Gasteiger partial charge in [0.05, 0.1) is 5.69 Å². The van der Waals surface area contributed by atoms with Gasteiger partial charge in [0.15, 0.2) is 0 Å². The second-order valence-electron chi connectivity index (χ2n) is 4.34. The molecule has 0 aliphatic rings. The van der Waals surface area contributed by atoms with Crippen LogP contribution in [0.5, 0.6) is 0 Å². The fourth-order valence-corrected chi connectivity index (χ4v) is 2.80. The molecule has 0 aliphatic carbocycles. The molecule has 1 heterocycles. The fourth-order valence-electron chi connectivity index (χ4n) is 1.98. The standard InChI is InChI=1S/C13H15ClIN3/c1-8-11(13(14)18(2)17-8)7-12(16)9-4-3-5-10(15)6-9/h3-6,12H,7,16H2,1-2H3. The molecule has 0 aliphatic heterocycles. The van der Waals surface area contributed by atoms with Crippen LogP contribution in [0.15, 0.2) is 24.3 Å². The molecule has 96 valence electrons. The predicted octanol–water partition coefficient (Wildman–Crippen LogP) is 3.23. The number of hydrogen-bond acceptors (Lipinski definition) is 2. The summed E-state index contributed by atoms with van der Waals surface area (Å²) in [5.41, 5.74) is 9.35. The van der Waals surface area contributed by atoms with Crippen molar-refractivity contribution >= 4 is 34.2 Å². The van der Waals surface area contributed by atoms with Crippen molar-refractivity contribution in [2.24, 2.45) is 12.8 Å². The van der Waals surface area contributed by atoms with E-state index in [4.69, 9.17) is 17.3 Å². The third kappa shape index (κ3) is 2.87. The zero-order valence-electron chi connectivity index (χ0n) is 10.3. The summed E-state index contributed by atoms with van der Waals surface area (Å²) in [5.74, 6) is 0. The lowest BCUT2D eigenvalue weighted by atomic mass is 10.0. The van der Waals surface area contributed by atoms with Crippen LogP contribution in [0.2, 0.25) is 5.15 Å². The predicted molar refractivity (Wildman–Crippen MR) is 82.7 cm³/mol. The van der Waals surface area contributed by atoms with Crippen molar-refractivity contribution in [3.63, 3.8) is 0 Å². The number of rotatable bonds is 3. The molecule has 0 radical (unpaired) electrons. The first-order chi connectivity index (χ1) is 8.49. The molecule has 18 heavy (non-hydrogen) atoms. The summed E-state index contributed by atoms with van der Waals surface area (Å²) >= 11 is 8.51. The fraction of sp³-hybridized carbons (Fsp3) is 0.308. The molecular formula is C13H15ClIN3. The van der Waals surface area contributed by atoms with Gasteiger partial charge in [-0.3, -0.25) is 4.68 Å². The minimum atomic E-state index is -0.0554. The largest absolute Gasteiger partial charge is 0.324 e. The van der Waals surface area contributed by atoms with Crippen molar-refractivity contribution < 1.29 is 0 Å². The van der Waals surface area contributed by atoms with E-state index in [1.54, 1.807) is 4.68 Å². The zero-order valence-corrected chi connectivity index (χ0v) is 13.2. The first-order valence-electron chi connectivity index (χ1n) is 5.68. The maximum Gasteiger partial charge on any atom is 0.130 e. The van der Waals surface area contributed by atoms with E-state index in [1.165, 1.54) is 3.57 Å². The molecule has 2 aromatic rings. The van der Waals surface area contributed by atoms with Crippen LogP contribution in [0.1, 0.15) is 22.9 Å². The molecule has 1 unspecified atom stereocenters. The topological polar surface area (TPSA) is 43.8 Å². The average Bonchev–Trinajstić information content (AvgIpc) is 2.56. The summed E-state index contributed by atoms with van der Waals surface area (Å²) < 4.78 is 2.88. The first kappa shape index (κ1) is 13.8. The third-order valence-corrected chi connectivity index (χ3v) is 4.11. The minimum Gasteiger partial charge on any atom is -0.324 e. The molecule has 0 saturated carbocycles. The molecule has 2 N–H and O–H groups in total. The van der Waals surface area contributed by atoms with Crippen LogP contribution in [0, 0.1) is 10.5 Å². The molecule has 1 atom stereocenters. The van der Waals surface area contributed by atoms with Gasteiger partial charge in [-0.05, 0) is 53.6 Å². The number of hydrogen-bond donors (Lipinski definition) is 1. The normalized spacial score (nSPS) is 12.7. The van der Waals surface area contributed by atoms with Crippen LogP contribution >= 0.6 is 34.2 Å². The lowest BCUT2D eigenvalue weighted by molar-refractivity contribution is 0.717. The molecule has 5 heteroatoms. The molecule has 2 rings (SSSR count). The number of halogens is 2. The summed E-state index contributed by atoms with van der Waals surface area (Å²) in [6.07, 6.45) is 0.707. The monoisotopic (exact) mass is 375 g/mol. The van der Waals surface area contributed by atoms with Crippen molar-refractivity contribution in [1.29, 1.82) is 0 Å². The van der Waals surface area contributed by atoms with Gasteiger partial charge in [0.25, 0.3) is 0 Å². The Morgan fingerprint density at radius 3 is 2.78 bits per heavy atom. The maximum atomic E-state index is 6.24. The average molecular weight is 376 g/mol. The minimum absolute atomic E-state index is 0.0554. The van der Waals surface area contributed by atoms with Crippen LogP contribution < -0.4 is 5.73 Å². The maximum absolute atomic E-state index is 6.24. The Bertz CT molecular complexity index is 565. The van der Waals surface area contributed by atoms with Gasteiger partial charge in [-0.2, -0.15) is 5.10 Å². The molecule has 0 saturated heterocycles. The summed E-state index contributed by atoms with van der Waals surface area (Å²) in [5, 5.41) is 4.98. The quantitative estimate of drug-likeness (QED) is 0.837. The van der Waals surface area contributed by atoms with E-state index in [-0.39, 0.29) is 6.04 Å². The van der Waals surface area contributed by atoms with E-state index in [1.807, 2.05) is 26.1 Å². The van der Waals surface area contributed by atoms with Gasteiger partial charge in [-0.25, -0.2) is 0 Å². The molecule has 1 aromatic heterocycles. The van der Waals surface area contributed by atoms with Crippen molar-refractivity contribution in [3.05, 3.63) is 49.8 Å². The lowest BCUT2D eigenvalue weighted by Crippen LogP contribution is -2.14. The smallest absolute Gasteiger partial charge is 0.130 e. The van der Waals surface area contributed by atoms with Gasteiger partial charge in [0.1, 0.15) is 5.15 Å². The summed E-state index contributed by atoms with van der Waals surface area (Å²) in [6.45, 7) is 1.96. The Morgan fingerprint density at radius 1 is 1.50 bits per heavy atom. The van der Waals surface area contributed by atoms with Gasteiger partial charge < -0.3 is 5.73 Å². The lowest BCUT2D eigenvalue weighted by Gasteiger charge is -2.12. The molecule has 1 aromatic carbocycles. The number of nitrogens with zero attached hydrogens (tertiary/aromatic N) is 2. The highest BCUT2D eigenvalue weighted by Gasteiger charge is 2.15. The second kappa shape index (κ2) is 5.59. The highest BCUT2D eigenvalue weighted by Crippen LogP contribution is 2.25. The van der Waals surface area contributed by atoms with E-state index in [0.29, 0.717) is 11.6 Å². The van der Waals surface area contributed by atoms with E-state index in [0.717, 1.165) is 16.8 Å². The first-order valence-corrected chi connectivity index (χ1v) is 7.13. The van der Waals surface area contributed by atoms with E-state index in [9.17, 15) is 0 Å². The molecule has 0 spiro atoms. The molecule has 0 bridgehead atoms. The van der Waals surface area contributed by atoms with Crippen molar-refractivity contribution in [3.8, 4) is 0 Å². The summed E-state index contributed by atoms with van der Waals surface area (Å²) in [4.78, 5) is 0. The SMILES string of the molecule is Cc1nn(C)c(Cl)c1CC(N)c1cccc(I)c1. The van der Waals surface area contributed by atoms with Gasteiger partial charge in [0.2, 0.25) is 0 Å². The molecule has 3 nitrogen and oxygen atoms in total. The highest BCUT2D eigenvalue weighted by molar-refractivity contribution is 14.1. The Kier molecular flexibility index (Phi) is 4.29. The van der Waals surface area contributed by atoms with Crippen molar-refractivity contribution in [1.82, 2.24) is 9.78 Å². The van der Waals surface area contributed by atoms with Crippen molar-refractivity contribution in [2.45, 2.75) is 19.4 Å². The number of nitrogens with two attached hydrogens (primary N) is 1. The summed E-state index contributed by atoms with van der Waals surface area (Å²) in [6, 6.07) is 8.17. The van der Waals surface area contributed by atoms with Gasteiger partial charge in [-0.15, -0.1) is 0 Å². The second-order valence-corrected chi connectivity index (χ2v) is 5.95. The van der Waals surface area contributed by atoms with Gasteiger partial charge in [-0.1, -0.05) is 23.7 Å². The highest BCUT2D eigenvalue weighted by atomic mass is 127.